The van der Waals surface area contributed by atoms with Crippen LogP contribution in [0.1, 0.15) is 65.4 Å². The first-order valence-electron chi connectivity index (χ1n) is 10.5. The van der Waals surface area contributed by atoms with Gasteiger partial charge in [0.25, 0.3) is 0 Å². The van der Waals surface area contributed by atoms with Crippen molar-refractivity contribution >= 4 is 5.97 Å². The molecule has 2 heterocycles. The van der Waals surface area contributed by atoms with Gasteiger partial charge in [0.05, 0.1) is 18.1 Å². The highest BCUT2D eigenvalue weighted by Gasteiger charge is 2.31. The topological polar surface area (TPSA) is 59.7 Å². The Morgan fingerprint density at radius 3 is 2.76 bits per heavy atom. The number of aryl methyl sites for hydroxylation is 1. The lowest BCUT2D eigenvalue weighted by Gasteiger charge is -2.11. The highest BCUT2D eigenvalue weighted by Crippen LogP contribution is 2.25. The van der Waals surface area contributed by atoms with Crippen LogP contribution in [0.4, 0.5) is 0 Å². The smallest absolute Gasteiger partial charge is 0.338 e. The van der Waals surface area contributed by atoms with Crippen molar-refractivity contribution in [2.24, 2.45) is 5.92 Å². The molecule has 0 spiro atoms. The van der Waals surface area contributed by atoms with E-state index in [2.05, 4.69) is 38.2 Å². The maximum absolute atomic E-state index is 11.5. The molecule has 0 bridgehead atoms. The van der Waals surface area contributed by atoms with Gasteiger partial charge >= 0.3 is 5.97 Å². The molecule has 0 fully saturated rings. The molecule has 2 atom stereocenters. The molecule has 1 N–H and O–H groups in total. The standard InChI is InChI=1S/C25H34O4/c1-18(8-5-9-19(2)11-7-13-22-14-15-28-17-22)10-6-12-20(3)16-23-24(26)21(4)25(27)29-23/h5,8-9,12,14-15,17-18,23,26H,6-7,10-11,13,16H2,1-4H3/b8-5+,19-9+,20-12-/t18-,23+/m1/s1. The minimum atomic E-state index is -0.516. The van der Waals surface area contributed by atoms with Crippen molar-refractivity contribution in [2.75, 3.05) is 0 Å². The van der Waals surface area contributed by atoms with Crippen molar-refractivity contribution in [3.63, 3.8) is 0 Å². The monoisotopic (exact) mass is 398 g/mol. The summed E-state index contributed by atoms with van der Waals surface area (Å²) in [4.78, 5) is 11.5. The average Bonchev–Trinajstić information content (AvgIpc) is 3.27. The molecule has 0 saturated carbocycles. The zero-order chi connectivity index (χ0) is 21.2. The first-order chi connectivity index (χ1) is 13.9. The summed E-state index contributed by atoms with van der Waals surface area (Å²) in [5, 5.41) is 9.92. The summed E-state index contributed by atoms with van der Waals surface area (Å²) in [6, 6.07) is 2.03. The van der Waals surface area contributed by atoms with E-state index in [1.165, 1.54) is 11.1 Å². The number of furan rings is 1. The molecule has 0 amide bonds. The lowest BCUT2D eigenvalue weighted by molar-refractivity contribution is -0.140. The Morgan fingerprint density at radius 2 is 2.10 bits per heavy atom. The Kier molecular flexibility index (Phi) is 9.04. The number of ether oxygens (including phenoxy) is 1. The fourth-order valence-electron chi connectivity index (χ4n) is 3.32. The van der Waals surface area contributed by atoms with Gasteiger partial charge in [-0.3, -0.25) is 0 Å². The van der Waals surface area contributed by atoms with Crippen molar-refractivity contribution in [3.8, 4) is 0 Å². The maximum atomic E-state index is 11.5. The second-order valence-corrected chi connectivity index (χ2v) is 8.10. The van der Waals surface area contributed by atoms with Gasteiger partial charge < -0.3 is 14.3 Å². The predicted molar refractivity (Wildman–Crippen MR) is 117 cm³/mol. The first kappa shape index (κ1) is 22.8. The summed E-state index contributed by atoms with van der Waals surface area (Å²) in [6.07, 6.45) is 17.7. The van der Waals surface area contributed by atoms with Crippen LogP contribution in [0.3, 0.4) is 0 Å². The fourth-order valence-corrected chi connectivity index (χ4v) is 3.32. The molecular weight excluding hydrogens is 364 g/mol. The average molecular weight is 399 g/mol. The number of cyclic esters (lactones) is 1. The molecule has 4 heteroatoms. The second-order valence-electron chi connectivity index (χ2n) is 8.10. The zero-order valence-corrected chi connectivity index (χ0v) is 18.1. The van der Waals surface area contributed by atoms with Gasteiger partial charge in [-0.1, -0.05) is 42.4 Å². The van der Waals surface area contributed by atoms with Crippen molar-refractivity contribution in [1.29, 1.82) is 0 Å². The van der Waals surface area contributed by atoms with E-state index in [0.717, 1.165) is 37.7 Å². The molecule has 0 unspecified atom stereocenters. The van der Waals surface area contributed by atoms with Gasteiger partial charge in [0, 0.05) is 6.42 Å². The molecule has 2 rings (SSSR count). The van der Waals surface area contributed by atoms with Crippen molar-refractivity contribution in [2.45, 2.75) is 72.3 Å². The van der Waals surface area contributed by atoms with Gasteiger partial charge in [0.15, 0.2) is 6.10 Å². The Morgan fingerprint density at radius 1 is 1.31 bits per heavy atom. The minimum Gasteiger partial charge on any atom is -0.508 e. The third kappa shape index (κ3) is 7.80. The summed E-state index contributed by atoms with van der Waals surface area (Å²) >= 11 is 0. The number of aliphatic hydroxyl groups excluding tert-OH is 1. The predicted octanol–water partition coefficient (Wildman–Crippen LogP) is 6.61. The van der Waals surface area contributed by atoms with Crippen LogP contribution in [0.15, 0.2) is 69.8 Å². The highest BCUT2D eigenvalue weighted by molar-refractivity contribution is 5.91. The summed E-state index contributed by atoms with van der Waals surface area (Å²) in [7, 11) is 0. The Bertz CT molecular complexity index is 778. The van der Waals surface area contributed by atoms with Gasteiger partial charge in [0.2, 0.25) is 0 Å². The molecular formula is C25H34O4. The quantitative estimate of drug-likeness (QED) is 0.259. The van der Waals surface area contributed by atoms with E-state index >= 15 is 0 Å². The van der Waals surface area contributed by atoms with Gasteiger partial charge in [-0.25, -0.2) is 4.79 Å². The van der Waals surface area contributed by atoms with Gasteiger partial charge in [0.1, 0.15) is 5.76 Å². The van der Waals surface area contributed by atoms with Crippen LogP contribution in [-0.4, -0.2) is 17.2 Å². The molecule has 0 saturated heterocycles. The lowest BCUT2D eigenvalue weighted by atomic mass is 10.0. The number of carbonyl (C=O) groups is 1. The highest BCUT2D eigenvalue weighted by atomic mass is 16.6. The van der Waals surface area contributed by atoms with Crippen LogP contribution in [0, 0.1) is 5.92 Å². The molecule has 0 aliphatic carbocycles. The van der Waals surface area contributed by atoms with E-state index in [1.54, 1.807) is 13.2 Å². The molecule has 29 heavy (non-hydrogen) atoms. The first-order valence-corrected chi connectivity index (χ1v) is 10.5. The van der Waals surface area contributed by atoms with E-state index in [1.807, 2.05) is 19.3 Å². The van der Waals surface area contributed by atoms with Crippen LogP contribution in [0.25, 0.3) is 0 Å². The summed E-state index contributed by atoms with van der Waals surface area (Å²) in [5.74, 6) is 0.156. The molecule has 1 aromatic rings. The molecule has 1 aliphatic rings. The number of hydrogen-bond acceptors (Lipinski definition) is 4. The number of hydrogen-bond donors (Lipinski definition) is 1. The number of esters is 1. The summed E-state index contributed by atoms with van der Waals surface area (Å²) in [5.41, 5.74) is 4.11. The van der Waals surface area contributed by atoms with E-state index < -0.39 is 12.1 Å². The third-order valence-electron chi connectivity index (χ3n) is 5.30. The van der Waals surface area contributed by atoms with E-state index in [-0.39, 0.29) is 5.76 Å². The Hall–Kier alpha value is -2.49. The largest absolute Gasteiger partial charge is 0.508 e. The van der Waals surface area contributed by atoms with Crippen molar-refractivity contribution in [1.82, 2.24) is 0 Å². The van der Waals surface area contributed by atoms with E-state index in [4.69, 9.17) is 9.15 Å². The number of allylic oxidation sites excluding steroid dienone is 5. The van der Waals surface area contributed by atoms with Crippen LogP contribution >= 0.6 is 0 Å². The minimum absolute atomic E-state index is 0.0750. The van der Waals surface area contributed by atoms with Crippen LogP contribution in [-0.2, 0) is 16.0 Å². The Balaban J connectivity index is 1.65. The van der Waals surface area contributed by atoms with Crippen LogP contribution < -0.4 is 0 Å². The molecule has 0 radical (unpaired) electrons. The molecule has 0 aromatic carbocycles. The molecule has 1 aliphatic heterocycles. The van der Waals surface area contributed by atoms with Crippen LogP contribution in [0.5, 0.6) is 0 Å². The van der Waals surface area contributed by atoms with Gasteiger partial charge in [-0.05, 0) is 70.4 Å². The van der Waals surface area contributed by atoms with E-state index in [9.17, 15) is 9.90 Å². The Labute approximate surface area is 174 Å². The molecule has 158 valence electrons. The van der Waals surface area contributed by atoms with Gasteiger partial charge in [-0.2, -0.15) is 0 Å². The SMILES string of the molecule is CC1=C(O)[C@H](C/C(C)=C\CC[C@H](C)/C=C/C=C(\C)CCCc2ccoc2)OC1=O. The van der Waals surface area contributed by atoms with E-state index in [0.29, 0.717) is 17.9 Å². The van der Waals surface area contributed by atoms with Crippen LogP contribution in [0.2, 0.25) is 0 Å². The maximum Gasteiger partial charge on any atom is 0.338 e. The van der Waals surface area contributed by atoms with Crippen molar-refractivity contribution in [3.05, 3.63) is 70.9 Å². The van der Waals surface area contributed by atoms with Gasteiger partial charge in [-0.15, -0.1) is 0 Å². The molecule has 4 nitrogen and oxygen atoms in total. The lowest BCUT2D eigenvalue weighted by Crippen LogP contribution is -2.12. The van der Waals surface area contributed by atoms with Crippen molar-refractivity contribution < 1.29 is 19.1 Å². The fraction of sp³-hybridized carbons (Fsp3) is 0.480. The summed E-state index contributed by atoms with van der Waals surface area (Å²) in [6.45, 7) is 8.02. The molecule has 1 aromatic heterocycles. The summed E-state index contributed by atoms with van der Waals surface area (Å²) < 4.78 is 10.3. The number of aliphatic hydroxyl groups is 1. The zero-order valence-electron chi connectivity index (χ0n) is 18.1. The normalized spacial score (nSPS) is 19.3. The number of rotatable bonds is 11. The number of carbonyl (C=O) groups excluding carboxylic acids is 1. The second kappa shape index (κ2) is 11.5. The third-order valence-corrected chi connectivity index (χ3v) is 5.30.